The lowest BCUT2D eigenvalue weighted by Crippen LogP contribution is -2.46. The van der Waals surface area contributed by atoms with Crippen molar-refractivity contribution in [2.24, 2.45) is 5.73 Å². The number of likely N-dealkylation sites (tertiary alicyclic amines) is 1. The fourth-order valence-corrected chi connectivity index (χ4v) is 3.53. The van der Waals surface area contributed by atoms with Gasteiger partial charge in [0.1, 0.15) is 0 Å². The molecule has 1 saturated heterocycles. The van der Waals surface area contributed by atoms with E-state index in [4.69, 9.17) is 15.2 Å². The van der Waals surface area contributed by atoms with Crippen molar-refractivity contribution in [3.63, 3.8) is 0 Å². The SMILES string of the molecule is CN1C(=O)CCC(N)C1c1cc(Br)c2c(c1)OCCCO2. The summed E-state index contributed by atoms with van der Waals surface area (Å²) in [7, 11) is 1.81. The predicted molar refractivity (Wildman–Crippen MR) is 82.5 cm³/mol. The second-order valence-corrected chi connectivity index (χ2v) is 6.39. The van der Waals surface area contributed by atoms with Crippen molar-refractivity contribution in [3.8, 4) is 11.5 Å². The number of ether oxygens (including phenoxy) is 2. The van der Waals surface area contributed by atoms with Crippen molar-refractivity contribution in [2.75, 3.05) is 20.3 Å². The van der Waals surface area contributed by atoms with E-state index in [0.717, 1.165) is 28.0 Å². The van der Waals surface area contributed by atoms with Crippen LogP contribution < -0.4 is 15.2 Å². The Bertz CT molecular complexity index is 564. The van der Waals surface area contributed by atoms with E-state index in [1.165, 1.54) is 0 Å². The average molecular weight is 355 g/mol. The van der Waals surface area contributed by atoms with E-state index in [1.807, 2.05) is 19.2 Å². The molecule has 1 amide bonds. The van der Waals surface area contributed by atoms with Crippen LogP contribution in [0.1, 0.15) is 30.9 Å². The fourth-order valence-electron chi connectivity index (χ4n) is 2.96. The molecule has 0 bridgehead atoms. The van der Waals surface area contributed by atoms with Gasteiger partial charge in [0.15, 0.2) is 11.5 Å². The number of likely N-dealkylation sites (N-methyl/N-ethyl adjacent to an activating group) is 1. The maximum absolute atomic E-state index is 12.0. The molecule has 5 nitrogen and oxygen atoms in total. The Kier molecular flexibility index (Phi) is 4.08. The molecule has 3 rings (SSSR count). The van der Waals surface area contributed by atoms with Crippen LogP contribution >= 0.6 is 15.9 Å². The lowest BCUT2D eigenvalue weighted by molar-refractivity contribution is -0.135. The summed E-state index contributed by atoms with van der Waals surface area (Å²) in [6, 6.07) is 3.74. The van der Waals surface area contributed by atoms with Gasteiger partial charge in [-0.2, -0.15) is 0 Å². The number of rotatable bonds is 1. The molecule has 0 spiro atoms. The molecule has 0 aliphatic carbocycles. The fraction of sp³-hybridized carbons (Fsp3) is 0.533. The highest BCUT2D eigenvalue weighted by Crippen LogP contribution is 2.41. The number of benzene rings is 1. The normalized spacial score (nSPS) is 25.7. The number of piperidine rings is 1. The number of nitrogens with zero attached hydrogens (tertiary/aromatic N) is 1. The van der Waals surface area contributed by atoms with E-state index < -0.39 is 0 Å². The Balaban J connectivity index is 2.00. The standard InChI is InChI=1S/C15H19BrN2O3/c1-18-13(19)4-3-11(17)14(18)9-7-10(16)15-12(8-9)20-5-2-6-21-15/h7-8,11,14H,2-6,17H2,1H3. The van der Waals surface area contributed by atoms with Gasteiger partial charge in [0.25, 0.3) is 0 Å². The summed E-state index contributed by atoms with van der Waals surface area (Å²) in [4.78, 5) is 13.7. The summed E-state index contributed by atoms with van der Waals surface area (Å²) >= 11 is 3.54. The minimum atomic E-state index is -0.125. The van der Waals surface area contributed by atoms with Crippen molar-refractivity contribution < 1.29 is 14.3 Å². The number of amides is 1. The molecule has 2 aliphatic rings. The number of carbonyl (C=O) groups excluding carboxylic acids is 1. The number of nitrogens with two attached hydrogens (primary N) is 1. The average Bonchev–Trinajstić information content (AvgIpc) is 2.69. The van der Waals surface area contributed by atoms with Gasteiger partial charge in [-0.1, -0.05) is 0 Å². The third kappa shape index (κ3) is 2.74. The smallest absolute Gasteiger partial charge is 0.222 e. The van der Waals surface area contributed by atoms with E-state index in [0.29, 0.717) is 26.1 Å². The molecule has 0 saturated carbocycles. The van der Waals surface area contributed by atoms with Crippen LogP contribution in [0.4, 0.5) is 0 Å². The lowest BCUT2D eigenvalue weighted by atomic mass is 9.91. The first-order chi connectivity index (χ1) is 10.1. The second kappa shape index (κ2) is 5.85. The Morgan fingerprint density at radius 3 is 2.90 bits per heavy atom. The Hall–Kier alpha value is -1.27. The molecule has 1 aromatic carbocycles. The van der Waals surface area contributed by atoms with Gasteiger partial charge < -0.3 is 20.1 Å². The first kappa shape index (κ1) is 14.7. The van der Waals surface area contributed by atoms with Gasteiger partial charge in [-0.3, -0.25) is 4.79 Å². The van der Waals surface area contributed by atoms with Gasteiger partial charge in [0, 0.05) is 25.9 Å². The highest BCUT2D eigenvalue weighted by molar-refractivity contribution is 9.10. The van der Waals surface area contributed by atoms with Crippen molar-refractivity contribution >= 4 is 21.8 Å². The van der Waals surface area contributed by atoms with E-state index >= 15 is 0 Å². The van der Waals surface area contributed by atoms with Gasteiger partial charge in [-0.15, -0.1) is 0 Å². The molecule has 1 fully saturated rings. The molecule has 6 heteroatoms. The highest BCUT2D eigenvalue weighted by Gasteiger charge is 2.33. The molecule has 0 aromatic heterocycles. The zero-order valence-electron chi connectivity index (χ0n) is 12.0. The summed E-state index contributed by atoms with van der Waals surface area (Å²) in [5, 5.41) is 0. The quantitative estimate of drug-likeness (QED) is 0.839. The molecule has 0 radical (unpaired) electrons. The largest absolute Gasteiger partial charge is 0.490 e. The van der Waals surface area contributed by atoms with Crippen LogP contribution in [0.5, 0.6) is 11.5 Å². The van der Waals surface area contributed by atoms with Crippen LogP contribution in [0.15, 0.2) is 16.6 Å². The predicted octanol–water partition coefficient (Wildman–Crippen LogP) is 2.23. The third-order valence-corrected chi connectivity index (χ3v) is 4.66. The van der Waals surface area contributed by atoms with Gasteiger partial charge in [-0.05, 0) is 40.0 Å². The van der Waals surface area contributed by atoms with E-state index in [9.17, 15) is 4.79 Å². The van der Waals surface area contributed by atoms with Gasteiger partial charge in [0.05, 0.1) is 23.7 Å². The van der Waals surface area contributed by atoms with Gasteiger partial charge in [0.2, 0.25) is 5.91 Å². The minimum Gasteiger partial charge on any atom is -0.490 e. The molecule has 2 heterocycles. The van der Waals surface area contributed by atoms with Crippen molar-refractivity contribution in [2.45, 2.75) is 31.3 Å². The zero-order valence-corrected chi connectivity index (χ0v) is 13.6. The summed E-state index contributed by atoms with van der Waals surface area (Å²) in [5.41, 5.74) is 7.22. The first-order valence-electron chi connectivity index (χ1n) is 7.18. The number of halogens is 1. The van der Waals surface area contributed by atoms with Crippen LogP contribution in [0, 0.1) is 0 Å². The molecule has 21 heavy (non-hydrogen) atoms. The van der Waals surface area contributed by atoms with Crippen molar-refractivity contribution in [3.05, 3.63) is 22.2 Å². The number of fused-ring (bicyclic) bond motifs is 1. The number of hydrogen-bond acceptors (Lipinski definition) is 4. The van der Waals surface area contributed by atoms with Crippen LogP contribution in [0.3, 0.4) is 0 Å². The van der Waals surface area contributed by atoms with E-state index in [-0.39, 0.29) is 18.0 Å². The summed E-state index contributed by atoms with van der Waals surface area (Å²) in [5.74, 6) is 1.58. The summed E-state index contributed by atoms with van der Waals surface area (Å²) in [6.45, 7) is 1.28. The third-order valence-electron chi connectivity index (χ3n) is 4.07. The monoisotopic (exact) mass is 354 g/mol. The lowest BCUT2D eigenvalue weighted by Gasteiger charge is -2.37. The molecule has 2 unspecified atom stereocenters. The molecule has 2 N–H and O–H groups in total. The maximum Gasteiger partial charge on any atom is 0.222 e. The zero-order chi connectivity index (χ0) is 15.0. The molecular formula is C15H19BrN2O3. The first-order valence-corrected chi connectivity index (χ1v) is 7.97. The van der Waals surface area contributed by atoms with Gasteiger partial charge in [-0.25, -0.2) is 0 Å². The Labute approximate surface area is 132 Å². The summed E-state index contributed by atoms with van der Waals surface area (Å²) in [6.07, 6.45) is 2.08. The van der Waals surface area contributed by atoms with Crippen LogP contribution in [0.2, 0.25) is 0 Å². The molecule has 1 aromatic rings. The van der Waals surface area contributed by atoms with Crippen LogP contribution in [-0.2, 0) is 4.79 Å². The van der Waals surface area contributed by atoms with Crippen LogP contribution in [-0.4, -0.2) is 37.1 Å². The van der Waals surface area contributed by atoms with Gasteiger partial charge >= 0.3 is 0 Å². The maximum atomic E-state index is 12.0. The van der Waals surface area contributed by atoms with E-state index in [1.54, 1.807) is 4.90 Å². The number of hydrogen-bond donors (Lipinski definition) is 1. The Morgan fingerprint density at radius 1 is 1.33 bits per heavy atom. The van der Waals surface area contributed by atoms with Crippen molar-refractivity contribution in [1.82, 2.24) is 4.90 Å². The van der Waals surface area contributed by atoms with Crippen LogP contribution in [0.25, 0.3) is 0 Å². The minimum absolute atomic E-state index is 0.0654. The van der Waals surface area contributed by atoms with Crippen molar-refractivity contribution in [1.29, 1.82) is 0 Å². The highest BCUT2D eigenvalue weighted by atomic mass is 79.9. The number of carbonyl (C=O) groups is 1. The van der Waals surface area contributed by atoms with E-state index in [2.05, 4.69) is 15.9 Å². The second-order valence-electron chi connectivity index (χ2n) is 5.53. The topological polar surface area (TPSA) is 64.8 Å². The molecule has 2 atom stereocenters. The summed E-state index contributed by atoms with van der Waals surface area (Å²) < 4.78 is 12.3. The molecular weight excluding hydrogens is 336 g/mol. The molecule has 114 valence electrons. The molecule has 2 aliphatic heterocycles. The Morgan fingerprint density at radius 2 is 2.10 bits per heavy atom.